The molecule has 0 saturated heterocycles. The highest BCUT2D eigenvalue weighted by atomic mass is 19.1. The number of hydrogen-bond donors (Lipinski definition) is 3. The molecule has 0 fully saturated rings. The van der Waals surface area contributed by atoms with Gasteiger partial charge in [-0.25, -0.2) is 19.0 Å². The number of amides is 2. The molecule has 0 saturated carbocycles. The van der Waals surface area contributed by atoms with Crippen molar-refractivity contribution < 1.29 is 23.8 Å². The van der Waals surface area contributed by atoms with Gasteiger partial charge in [0, 0.05) is 23.6 Å². The van der Waals surface area contributed by atoms with Crippen LogP contribution in [-0.4, -0.2) is 38.3 Å². The topological polar surface area (TPSA) is 118 Å². The molecule has 2 aromatic rings. The molecule has 1 aromatic carbocycles. The Morgan fingerprint density at radius 1 is 1.31 bits per heavy atom. The fraction of sp³-hybridized carbons (Fsp3) is 0.368. The normalized spacial score (nSPS) is 18.4. The number of benzene rings is 1. The van der Waals surface area contributed by atoms with Crippen LogP contribution in [0, 0.1) is 5.82 Å². The molecular formula is C19H22FN5O4. The average Bonchev–Trinajstić information content (AvgIpc) is 3.02. The average molecular weight is 403 g/mol. The summed E-state index contributed by atoms with van der Waals surface area (Å²) in [5.74, 6) is -0.182. The lowest BCUT2D eigenvalue weighted by molar-refractivity contribution is 0.0635. The van der Waals surface area contributed by atoms with Gasteiger partial charge in [0.05, 0.1) is 6.54 Å². The molecule has 29 heavy (non-hydrogen) atoms. The van der Waals surface area contributed by atoms with Crippen molar-refractivity contribution in [2.24, 2.45) is 4.99 Å². The highest BCUT2D eigenvalue weighted by Gasteiger charge is 2.36. The lowest BCUT2D eigenvalue weighted by Crippen LogP contribution is -2.41. The van der Waals surface area contributed by atoms with Crippen LogP contribution in [0.1, 0.15) is 39.1 Å². The van der Waals surface area contributed by atoms with Gasteiger partial charge in [0.25, 0.3) is 0 Å². The van der Waals surface area contributed by atoms with Crippen LogP contribution >= 0.6 is 0 Å². The fourth-order valence-corrected chi connectivity index (χ4v) is 3.09. The van der Waals surface area contributed by atoms with Crippen LogP contribution in [0.15, 0.2) is 35.6 Å². The van der Waals surface area contributed by atoms with Crippen molar-refractivity contribution in [3.8, 4) is 0 Å². The van der Waals surface area contributed by atoms with E-state index in [4.69, 9.17) is 9.84 Å². The summed E-state index contributed by atoms with van der Waals surface area (Å²) in [4.78, 5) is 31.7. The number of carbonyl (C=O) groups is 2. The summed E-state index contributed by atoms with van der Waals surface area (Å²) in [7, 11) is 0. The lowest BCUT2D eigenvalue weighted by atomic mass is 9.90. The van der Waals surface area contributed by atoms with Crippen LogP contribution in [-0.2, 0) is 16.8 Å². The quantitative estimate of drug-likeness (QED) is 0.711. The van der Waals surface area contributed by atoms with E-state index in [1.165, 1.54) is 24.4 Å². The first kappa shape index (κ1) is 20.3. The summed E-state index contributed by atoms with van der Waals surface area (Å²) >= 11 is 0. The van der Waals surface area contributed by atoms with Crippen molar-refractivity contribution in [2.45, 2.75) is 45.4 Å². The van der Waals surface area contributed by atoms with E-state index in [0.717, 1.165) is 0 Å². The van der Waals surface area contributed by atoms with Gasteiger partial charge in [-0.1, -0.05) is 0 Å². The molecule has 1 aromatic heterocycles. The van der Waals surface area contributed by atoms with E-state index in [-0.39, 0.29) is 17.9 Å². The first-order chi connectivity index (χ1) is 13.5. The minimum Gasteiger partial charge on any atom is -0.465 e. The number of nitrogens with zero attached hydrogens (tertiary/aromatic N) is 3. The molecule has 1 aliphatic rings. The second-order valence-corrected chi connectivity index (χ2v) is 7.86. The van der Waals surface area contributed by atoms with E-state index < -0.39 is 29.1 Å². The molecule has 154 valence electrons. The Morgan fingerprint density at radius 3 is 2.69 bits per heavy atom. The van der Waals surface area contributed by atoms with E-state index >= 15 is 0 Å². The van der Waals surface area contributed by atoms with Crippen LogP contribution in [0.2, 0.25) is 0 Å². The van der Waals surface area contributed by atoms with Crippen molar-refractivity contribution in [1.82, 2.24) is 14.9 Å². The monoisotopic (exact) mass is 403 g/mol. The fourth-order valence-electron chi connectivity index (χ4n) is 3.09. The molecule has 0 bridgehead atoms. The maximum Gasteiger partial charge on any atom is 0.412 e. The molecule has 0 aliphatic carbocycles. The summed E-state index contributed by atoms with van der Waals surface area (Å²) in [6.45, 7) is 7.12. The van der Waals surface area contributed by atoms with Gasteiger partial charge in [0.15, 0.2) is 11.7 Å². The van der Waals surface area contributed by atoms with Gasteiger partial charge < -0.3 is 14.4 Å². The van der Waals surface area contributed by atoms with E-state index in [0.29, 0.717) is 11.5 Å². The number of fused-ring (bicyclic) bond motifs is 1. The van der Waals surface area contributed by atoms with Crippen molar-refractivity contribution in [3.63, 3.8) is 0 Å². The van der Waals surface area contributed by atoms with Crippen LogP contribution in [0.5, 0.6) is 0 Å². The molecule has 1 unspecified atom stereocenters. The number of carbonyl (C=O) groups excluding carboxylic acids is 1. The van der Waals surface area contributed by atoms with Gasteiger partial charge in [-0.2, -0.15) is 0 Å². The van der Waals surface area contributed by atoms with Crippen LogP contribution < -0.4 is 10.6 Å². The summed E-state index contributed by atoms with van der Waals surface area (Å²) in [5, 5.41) is 13.9. The largest absolute Gasteiger partial charge is 0.465 e. The van der Waals surface area contributed by atoms with E-state index in [1.54, 1.807) is 38.5 Å². The summed E-state index contributed by atoms with van der Waals surface area (Å²) in [6.07, 6.45) is 1.20. The maximum absolute atomic E-state index is 14.7. The minimum absolute atomic E-state index is 0.0150. The molecule has 0 radical (unpaired) electrons. The van der Waals surface area contributed by atoms with Crippen molar-refractivity contribution in [2.75, 3.05) is 5.32 Å². The van der Waals surface area contributed by atoms with Gasteiger partial charge in [0.2, 0.25) is 0 Å². The number of halogens is 1. The molecule has 0 spiro atoms. The number of imidazole rings is 1. The van der Waals surface area contributed by atoms with Crippen molar-refractivity contribution in [3.05, 3.63) is 47.8 Å². The first-order valence-corrected chi connectivity index (χ1v) is 8.88. The molecule has 3 N–H and O–H groups in total. The zero-order valence-electron chi connectivity index (χ0n) is 16.5. The summed E-state index contributed by atoms with van der Waals surface area (Å²) in [5.41, 5.74) is -1.30. The van der Waals surface area contributed by atoms with Crippen molar-refractivity contribution >= 4 is 23.7 Å². The van der Waals surface area contributed by atoms with Gasteiger partial charge in [-0.05, 0) is 45.9 Å². The Morgan fingerprint density at radius 2 is 2.03 bits per heavy atom. The highest BCUT2D eigenvalue weighted by molar-refractivity contribution is 6.04. The minimum atomic E-state index is -1.30. The number of rotatable bonds is 2. The number of aromatic nitrogens is 2. The lowest BCUT2D eigenvalue weighted by Gasteiger charge is -2.32. The van der Waals surface area contributed by atoms with Crippen LogP contribution in [0.4, 0.5) is 19.7 Å². The van der Waals surface area contributed by atoms with Crippen molar-refractivity contribution in [1.29, 1.82) is 0 Å². The standard InChI is InChI=1S/C19H22FN5O4/c1-18(2,3)29-17(28)22-11-5-6-13(20)12(9-11)19(4)10-25-8-7-21-15(25)14(24-19)23-16(26)27/h5-9H,10H2,1-4H3,(H,22,28)(H,23,24)(H,26,27). The van der Waals surface area contributed by atoms with Gasteiger partial charge in [-0.3, -0.25) is 15.6 Å². The Labute approximate surface area is 166 Å². The second kappa shape index (κ2) is 7.19. The Balaban J connectivity index is 1.96. The number of hydrogen-bond acceptors (Lipinski definition) is 5. The number of anilines is 1. The number of nitrogens with one attached hydrogen (secondary N) is 2. The van der Waals surface area contributed by atoms with Gasteiger partial charge >= 0.3 is 12.2 Å². The smallest absolute Gasteiger partial charge is 0.412 e. The second-order valence-electron chi connectivity index (χ2n) is 7.86. The molecule has 2 amide bonds. The molecular weight excluding hydrogens is 381 g/mol. The molecule has 10 heteroatoms. The number of ether oxygens (including phenoxy) is 1. The predicted molar refractivity (Wildman–Crippen MR) is 104 cm³/mol. The Hall–Kier alpha value is -3.43. The number of amidine groups is 1. The molecule has 2 heterocycles. The zero-order valence-corrected chi connectivity index (χ0v) is 16.5. The predicted octanol–water partition coefficient (Wildman–Crippen LogP) is 3.31. The van der Waals surface area contributed by atoms with E-state index in [2.05, 4.69) is 20.6 Å². The zero-order chi connectivity index (χ0) is 21.4. The Bertz CT molecular complexity index is 995. The van der Waals surface area contributed by atoms with Crippen LogP contribution in [0.25, 0.3) is 0 Å². The number of carboxylic acid groups (broad SMARTS) is 1. The highest BCUT2D eigenvalue weighted by Crippen LogP contribution is 2.35. The Kier molecular flexibility index (Phi) is 5.04. The van der Waals surface area contributed by atoms with Gasteiger partial charge in [-0.15, -0.1) is 0 Å². The van der Waals surface area contributed by atoms with E-state index in [1.807, 2.05) is 0 Å². The molecule has 3 rings (SSSR count). The summed E-state index contributed by atoms with van der Waals surface area (Å²) in [6, 6.07) is 4.09. The third-order valence-corrected chi connectivity index (χ3v) is 4.18. The third-order valence-electron chi connectivity index (χ3n) is 4.18. The first-order valence-electron chi connectivity index (χ1n) is 8.88. The molecule has 9 nitrogen and oxygen atoms in total. The van der Waals surface area contributed by atoms with Gasteiger partial charge in [0.1, 0.15) is 17.0 Å². The number of aliphatic imine (C=N–C) groups is 1. The van der Waals surface area contributed by atoms with Crippen LogP contribution in [0.3, 0.4) is 0 Å². The molecule has 1 aliphatic heterocycles. The summed E-state index contributed by atoms with van der Waals surface area (Å²) < 4.78 is 21.6. The molecule has 1 atom stereocenters. The SMILES string of the molecule is CC(C)(C)OC(=O)Nc1ccc(F)c(C2(C)Cn3ccnc3C(NC(=O)O)=N2)c1. The maximum atomic E-state index is 14.7. The van der Waals surface area contributed by atoms with E-state index in [9.17, 15) is 14.0 Å². The third kappa shape index (κ3) is 4.53.